The normalized spacial score (nSPS) is 11.5. The molecule has 4 rings (SSSR count). The van der Waals surface area contributed by atoms with Crippen LogP contribution in [0.1, 0.15) is 11.4 Å². The zero-order chi connectivity index (χ0) is 15.3. The molecule has 0 saturated heterocycles. The Kier molecular flexibility index (Phi) is 2.73. The molecule has 2 aromatic heterocycles. The Hall–Kier alpha value is -2.75. The van der Waals surface area contributed by atoms with Crippen molar-refractivity contribution in [3.63, 3.8) is 0 Å². The summed E-state index contributed by atoms with van der Waals surface area (Å²) in [7, 11) is 2.03. The highest BCUT2D eigenvalue weighted by Crippen LogP contribution is 2.36. The standard InChI is InChI=1S/C18H17N3O/c1-12-19-9-10-21(12)11-13-7-8-16-17(18(13)22)14-5-3-4-6-15(14)20(16)2/h3-10,22H,11H2,1-2H3. The first-order valence-electron chi connectivity index (χ1n) is 7.32. The van der Waals surface area contributed by atoms with Crippen molar-refractivity contribution >= 4 is 21.8 Å². The van der Waals surface area contributed by atoms with Crippen molar-refractivity contribution < 1.29 is 5.11 Å². The van der Waals surface area contributed by atoms with E-state index >= 15 is 0 Å². The maximum absolute atomic E-state index is 10.8. The van der Waals surface area contributed by atoms with Crippen molar-refractivity contribution in [2.24, 2.45) is 7.05 Å². The zero-order valence-electron chi connectivity index (χ0n) is 12.6. The summed E-state index contributed by atoms with van der Waals surface area (Å²) in [5, 5.41) is 12.8. The number of phenols is 1. The molecule has 0 fully saturated rings. The largest absolute Gasteiger partial charge is 0.507 e. The number of aromatic nitrogens is 3. The van der Waals surface area contributed by atoms with Crippen LogP contribution in [0.25, 0.3) is 21.8 Å². The lowest BCUT2D eigenvalue weighted by atomic mass is 10.1. The molecule has 0 spiro atoms. The van der Waals surface area contributed by atoms with Gasteiger partial charge in [-0.05, 0) is 19.1 Å². The topological polar surface area (TPSA) is 43.0 Å². The number of para-hydroxylation sites is 1. The van der Waals surface area contributed by atoms with Gasteiger partial charge in [0.15, 0.2) is 0 Å². The molecule has 4 nitrogen and oxygen atoms in total. The SMILES string of the molecule is Cc1nccn1Cc1ccc2c(c1O)c1ccccc1n2C. The lowest BCUT2D eigenvalue weighted by Gasteiger charge is -2.09. The monoisotopic (exact) mass is 291 g/mol. The second kappa shape index (κ2) is 4.63. The number of rotatable bonds is 2. The van der Waals surface area contributed by atoms with E-state index in [1.165, 1.54) is 0 Å². The van der Waals surface area contributed by atoms with Crippen LogP contribution in [-0.2, 0) is 13.6 Å². The maximum atomic E-state index is 10.8. The highest BCUT2D eigenvalue weighted by Gasteiger charge is 2.14. The Labute approximate surface area is 128 Å². The number of aryl methyl sites for hydroxylation is 2. The average molecular weight is 291 g/mol. The Morgan fingerprint density at radius 3 is 2.68 bits per heavy atom. The van der Waals surface area contributed by atoms with E-state index in [1.807, 2.05) is 42.9 Å². The van der Waals surface area contributed by atoms with Crippen LogP contribution in [0.15, 0.2) is 48.8 Å². The van der Waals surface area contributed by atoms with E-state index in [0.29, 0.717) is 12.3 Å². The van der Waals surface area contributed by atoms with E-state index < -0.39 is 0 Å². The van der Waals surface area contributed by atoms with Gasteiger partial charge >= 0.3 is 0 Å². The fraction of sp³-hybridized carbons (Fsp3) is 0.167. The molecule has 0 aliphatic rings. The first kappa shape index (κ1) is 13.0. The van der Waals surface area contributed by atoms with Crippen LogP contribution in [0.3, 0.4) is 0 Å². The molecule has 110 valence electrons. The van der Waals surface area contributed by atoms with Crippen molar-refractivity contribution in [1.29, 1.82) is 0 Å². The number of hydrogen-bond acceptors (Lipinski definition) is 2. The summed E-state index contributed by atoms with van der Waals surface area (Å²) in [6, 6.07) is 12.2. The van der Waals surface area contributed by atoms with Crippen LogP contribution >= 0.6 is 0 Å². The predicted molar refractivity (Wildman–Crippen MR) is 88.2 cm³/mol. The molecule has 0 saturated carbocycles. The van der Waals surface area contributed by atoms with Crippen molar-refractivity contribution in [3.05, 3.63) is 60.2 Å². The number of fused-ring (bicyclic) bond motifs is 3. The number of benzene rings is 2. The molecular weight excluding hydrogens is 274 g/mol. The Morgan fingerprint density at radius 2 is 1.91 bits per heavy atom. The minimum atomic E-state index is 0.363. The highest BCUT2D eigenvalue weighted by atomic mass is 16.3. The molecule has 0 unspecified atom stereocenters. The molecule has 2 heterocycles. The summed E-state index contributed by atoms with van der Waals surface area (Å²) < 4.78 is 4.16. The van der Waals surface area contributed by atoms with E-state index in [2.05, 4.69) is 27.8 Å². The number of aromatic hydroxyl groups is 1. The van der Waals surface area contributed by atoms with Crippen LogP contribution in [0.5, 0.6) is 5.75 Å². The molecule has 1 N–H and O–H groups in total. The molecule has 0 radical (unpaired) electrons. The van der Waals surface area contributed by atoms with E-state index in [9.17, 15) is 5.11 Å². The molecule has 0 atom stereocenters. The minimum Gasteiger partial charge on any atom is -0.507 e. The number of imidazole rings is 1. The van der Waals surface area contributed by atoms with Gasteiger partial charge in [-0.1, -0.05) is 24.3 Å². The van der Waals surface area contributed by atoms with Gasteiger partial charge in [-0.15, -0.1) is 0 Å². The Bertz CT molecular complexity index is 994. The van der Waals surface area contributed by atoms with Crippen LogP contribution in [0.4, 0.5) is 0 Å². The third-order valence-corrected chi connectivity index (χ3v) is 4.40. The average Bonchev–Trinajstić information content (AvgIpc) is 3.05. The summed E-state index contributed by atoms with van der Waals surface area (Å²) in [5.41, 5.74) is 3.08. The second-order valence-electron chi connectivity index (χ2n) is 5.65. The van der Waals surface area contributed by atoms with Crippen molar-refractivity contribution in [1.82, 2.24) is 14.1 Å². The van der Waals surface area contributed by atoms with Crippen molar-refractivity contribution in [2.45, 2.75) is 13.5 Å². The van der Waals surface area contributed by atoms with E-state index in [0.717, 1.165) is 33.2 Å². The van der Waals surface area contributed by atoms with Crippen molar-refractivity contribution in [3.8, 4) is 5.75 Å². The van der Waals surface area contributed by atoms with Gasteiger partial charge in [-0.25, -0.2) is 4.98 Å². The lowest BCUT2D eigenvalue weighted by molar-refractivity contribution is 0.472. The number of phenolic OH excluding ortho intramolecular Hbond substituents is 1. The molecule has 0 bridgehead atoms. The van der Waals surface area contributed by atoms with Gasteiger partial charge in [0.2, 0.25) is 0 Å². The van der Waals surface area contributed by atoms with Crippen LogP contribution in [-0.4, -0.2) is 19.2 Å². The van der Waals surface area contributed by atoms with E-state index in [-0.39, 0.29) is 0 Å². The fourth-order valence-corrected chi connectivity index (χ4v) is 3.16. The smallest absolute Gasteiger partial charge is 0.130 e. The molecular formula is C18H17N3O. The van der Waals surface area contributed by atoms with Gasteiger partial charge < -0.3 is 14.2 Å². The van der Waals surface area contributed by atoms with Crippen LogP contribution < -0.4 is 0 Å². The quantitative estimate of drug-likeness (QED) is 0.613. The van der Waals surface area contributed by atoms with Gasteiger partial charge in [0.05, 0.1) is 12.1 Å². The zero-order valence-corrected chi connectivity index (χ0v) is 12.6. The molecule has 0 amide bonds. The molecule has 4 heteroatoms. The summed E-state index contributed by atoms with van der Waals surface area (Å²) in [6.07, 6.45) is 3.71. The van der Waals surface area contributed by atoms with Gasteiger partial charge in [0.25, 0.3) is 0 Å². The van der Waals surface area contributed by atoms with Gasteiger partial charge in [-0.3, -0.25) is 0 Å². The fourth-order valence-electron chi connectivity index (χ4n) is 3.16. The molecule has 0 aliphatic heterocycles. The van der Waals surface area contributed by atoms with E-state index in [1.54, 1.807) is 6.20 Å². The van der Waals surface area contributed by atoms with Crippen molar-refractivity contribution in [2.75, 3.05) is 0 Å². The maximum Gasteiger partial charge on any atom is 0.130 e. The molecule has 2 aromatic carbocycles. The summed E-state index contributed by atoms with van der Waals surface area (Å²) in [5.74, 6) is 1.31. The van der Waals surface area contributed by atoms with Gasteiger partial charge in [-0.2, -0.15) is 0 Å². The Morgan fingerprint density at radius 1 is 1.09 bits per heavy atom. The number of nitrogens with zero attached hydrogens (tertiary/aromatic N) is 3. The van der Waals surface area contributed by atoms with Crippen LogP contribution in [0.2, 0.25) is 0 Å². The summed E-state index contributed by atoms with van der Waals surface area (Å²) in [6.45, 7) is 2.59. The van der Waals surface area contributed by atoms with E-state index in [4.69, 9.17) is 0 Å². The van der Waals surface area contributed by atoms with Gasteiger partial charge in [0.1, 0.15) is 11.6 Å². The first-order valence-corrected chi connectivity index (χ1v) is 7.32. The molecule has 0 aliphatic carbocycles. The van der Waals surface area contributed by atoms with Gasteiger partial charge in [0, 0.05) is 41.3 Å². The highest BCUT2D eigenvalue weighted by molar-refractivity contribution is 6.11. The lowest BCUT2D eigenvalue weighted by Crippen LogP contribution is -2.01. The second-order valence-corrected chi connectivity index (χ2v) is 5.65. The molecule has 4 aromatic rings. The number of hydrogen-bond donors (Lipinski definition) is 1. The summed E-state index contributed by atoms with van der Waals surface area (Å²) in [4.78, 5) is 4.24. The third kappa shape index (κ3) is 1.73. The minimum absolute atomic E-state index is 0.363. The first-order chi connectivity index (χ1) is 10.7. The third-order valence-electron chi connectivity index (χ3n) is 4.40. The summed E-state index contributed by atoms with van der Waals surface area (Å²) >= 11 is 0. The molecule has 22 heavy (non-hydrogen) atoms. The van der Waals surface area contributed by atoms with Crippen LogP contribution in [0, 0.1) is 6.92 Å². The predicted octanol–water partition coefficient (Wildman–Crippen LogP) is 3.59. The Balaban J connectivity index is 1.97.